The third kappa shape index (κ3) is 2.57. The van der Waals surface area contributed by atoms with Crippen LogP contribution in [-0.4, -0.2) is 9.97 Å². The Balaban J connectivity index is 2.16. The molecule has 1 aromatic heterocycles. The van der Waals surface area contributed by atoms with Crippen LogP contribution in [0.25, 0.3) is 11.4 Å². The fourth-order valence-corrected chi connectivity index (χ4v) is 2.67. The zero-order valence-electron chi connectivity index (χ0n) is 11.2. The van der Waals surface area contributed by atoms with Gasteiger partial charge in [-0.2, -0.15) is 13.2 Å². The second-order valence-corrected chi connectivity index (χ2v) is 5.11. The van der Waals surface area contributed by atoms with E-state index >= 15 is 0 Å². The van der Waals surface area contributed by atoms with Gasteiger partial charge in [-0.05, 0) is 31.7 Å². The molecule has 0 radical (unpaired) electrons. The van der Waals surface area contributed by atoms with Gasteiger partial charge >= 0.3 is 6.18 Å². The van der Waals surface area contributed by atoms with Gasteiger partial charge in [0, 0.05) is 16.8 Å². The number of halogens is 3. The fourth-order valence-electron chi connectivity index (χ4n) is 2.67. The molecule has 6 heteroatoms. The molecular formula is C15H14F3N3. The van der Waals surface area contributed by atoms with Gasteiger partial charge in [-0.3, -0.25) is 0 Å². The van der Waals surface area contributed by atoms with E-state index in [1.807, 2.05) is 0 Å². The van der Waals surface area contributed by atoms with Gasteiger partial charge in [0.05, 0.1) is 5.56 Å². The summed E-state index contributed by atoms with van der Waals surface area (Å²) in [7, 11) is 0. The van der Waals surface area contributed by atoms with Crippen LogP contribution in [0, 0.1) is 0 Å². The quantitative estimate of drug-likeness (QED) is 0.873. The molecule has 0 fully saturated rings. The third-order valence-corrected chi connectivity index (χ3v) is 3.69. The summed E-state index contributed by atoms with van der Waals surface area (Å²) in [6, 6.07) is 5.32. The van der Waals surface area contributed by atoms with Crippen molar-refractivity contribution in [2.45, 2.75) is 31.9 Å². The number of alkyl halides is 3. The summed E-state index contributed by atoms with van der Waals surface area (Å²) in [5, 5.41) is 0. The molecule has 3 rings (SSSR count). The molecule has 1 heterocycles. The number of anilines is 1. The lowest BCUT2D eigenvalue weighted by molar-refractivity contribution is -0.137. The van der Waals surface area contributed by atoms with Crippen molar-refractivity contribution < 1.29 is 13.2 Å². The van der Waals surface area contributed by atoms with Crippen molar-refractivity contribution in [3.63, 3.8) is 0 Å². The minimum Gasteiger partial charge on any atom is -0.383 e. The highest BCUT2D eigenvalue weighted by Crippen LogP contribution is 2.36. The standard InChI is InChI=1S/C15H14F3N3/c16-15(17,18)11-7-3-1-5-9(11)14-20-12-8-4-2-6-10(12)13(19)21-14/h1,3,5,7H,2,4,6,8H2,(H2,19,20,21). The van der Waals surface area contributed by atoms with Gasteiger partial charge < -0.3 is 5.73 Å². The first kappa shape index (κ1) is 13.9. The Morgan fingerprint density at radius 3 is 2.48 bits per heavy atom. The number of hydrogen-bond acceptors (Lipinski definition) is 3. The monoisotopic (exact) mass is 293 g/mol. The third-order valence-electron chi connectivity index (χ3n) is 3.69. The Morgan fingerprint density at radius 1 is 1.00 bits per heavy atom. The van der Waals surface area contributed by atoms with E-state index in [1.165, 1.54) is 12.1 Å². The molecule has 0 unspecified atom stereocenters. The van der Waals surface area contributed by atoms with Crippen LogP contribution in [0.15, 0.2) is 24.3 Å². The van der Waals surface area contributed by atoms with Crippen LogP contribution in [0.3, 0.4) is 0 Å². The molecule has 0 saturated heterocycles. The molecule has 0 spiro atoms. The number of nitrogen functional groups attached to an aromatic ring is 1. The number of hydrogen-bond donors (Lipinski definition) is 1. The number of benzene rings is 1. The molecule has 1 aliphatic carbocycles. The predicted molar refractivity (Wildman–Crippen MR) is 73.5 cm³/mol. The van der Waals surface area contributed by atoms with Crippen LogP contribution in [0.2, 0.25) is 0 Å². The molecule has 0 saturated carbocycles. The molecule has 3 nitrogen and oxygen atoms in total. The van der Waals surface area contributed by atoms with Gasteiger partial charge in [-0.1, -0.05) is 18.2 Å². The smallest absolute Gasteiger partial charge is 0.383 e. The summed E-state index contributed by atoms with van der Waals surface area (Å²) in [6.45, 7) is 0. The topological polar surface area (TPSA) is 51.8 Å². The molecule has 2 aromatic rings. The summed E-state index contributed by atoms with van der Waals surface area (Å²) in [5.41, 5.74) is 6.81. The number of aryl methyl sites for hydroxylation is 1. The number of aromatic nitrogens is 2. The van der Waals surface area contributed by atoms with Crippen molar-refractivity contribution in [2.75, 3.05) is 5.73 Å². The van der Waals surface area contributed by atoms with E-state index in [-0.39, 0.29) is 11.4 Å². The van der Waals surface area contributed by atoms with Gasteiger partial charge in [0.1, 0.15) is 5.82 Å². The first-order valence-electron chi connectivity index (χ1n) is 6.78. The minimum atomic E-state index is -4.44. The summed E-state index contributed by atoms with van der Waals surface area (Å²) in [6.07, 6.45) is -0.918. The largest absolute Gasteiger partial charge is 0.417 e. The van der Waals surface area contributed by atoms with Gasteiger partial charge in [0.25, 0.3) is 0 Å². The maximum atomic E-state index is 13.1. The molecule has 1 aliphatic rings. The summed E-state index contributed by atoms with van der Waals surface area (Å²) in [4.78, 5) is 8.42. The van der Waals surface area contributed by atoms with E-state index in [1.54, 1.807) is 6.07 Å². The second-order valence-electron chi connectivity index (χ2n) is 5.11. The summed E-state index contributed by atoms with van der Waals surface area (Å²) in [5.74, 6) is 0.354. The summed E-state index contributed by atoms with van der Waals surface area (Å²) < 4.78 is 39.3. The SMILES string of the molecule is Nc1nc(-c2ccccc2C(F)(F)F)nc2c1CCCC2. The highest BCUT2D eigenvalue weighted by Gasteiger charge is 2.34. The first-order chi connectivity index (χ1) is 9.97. The normalized spacial score (nSPS) is 14.8. The number of nitrogens with two attached hydrogens (primary N) is 1. The first-order valence-corrected chi connectivity index (χ1v) is 6.78. The molecule has 110 valence electrons. The Hall–Kier alpha value is -2.11. The lowest BCUT2D eigenvalue weighted by Gasteiger charge is -2.18. The van der Waals surface area contributed by atoms with Crippen LogP contribution in [0.1, 0.15) is 29.7 Å². The minimum absolute atomic E-state index is 0.0231. The average Bonchev–Trinajstić information content (AvgIpc) is 2.46. The van der Waals surface area contributed by atoms with E-state index in [4.69, 9.17) is 5.73 Å². The van der Waals surface area contributed by atoms with E-state index in [0.29, 0.717) is 5.82 Å². The van der Waals surface area contributed by atoms with Gasteiger partial charge in [-0.25, -0.2) is 9.97 Å². The van der Waals surface area contributed by atoms with Crippen LogP contribution in [0.4, 0.5) is 19.0 Å². The lowest BCUT2D eigenvalue weighted by atomic mass is 9.96. The molecule has 21 heavy (non-hydrogen) atoms. The van der Waals surface area contributed by atoms with Crippen molar-refractivity contribution in [2.24, 2.45) is 0 Å². The van der Waals surface area contributed by atoms with Crippen LogP contribution < -0.4 is 5.73 Å². The Kier molecular flexibility index (Phi) is 3.31. The highest BCUT2D eigenvalue weighted by molar-refractivity contribution is 5.63. The van der Waals surface area contributed by atoms with Crippen molar-refractivity contribution in [3.05, 3.63) is 41.1 Å². The van der Waals surface area contributed by atoms with Crippen molar-refractivity contribution in [1.29, 1.82) is 0 Å². The average molecular weight is 293 g/mol. The van der Waals surface area contributed by atoms with Crippen molar-refractivity contribution in [1.82, 2.24) is 9.97 Å². The van der Waals surface area contributed by atoms with Gasteiger partial charge in [0.2, 0.25) is 0 Å². The molecular weight excluding hydrogens is 279 g/mol. The number of nitrogens with zero attached hydrogens (tertiary/aromatic N) is 2. The molecule has 0 amide bonds. The Labute approximate surface area is 120 Å². The maximum Gasteiger partial charge on any atom is 0.417 e. The zero-order chi connectivity index (χ0) is 15.0. The van der Waals surface area contributed by atoms with Crippen molar-refractivity contribution in [3.8, 4) is 11.4 Å². The molecule has 1 aromatic carbocycles. The van der Waals surface area contributed by atoms with Crippen LogP contribution >= 0.6 is 0 Å². The van der Waals surface area contributed by atoms with Crippen LogP contribution in [-0.2, 0) is 19.0 Å². The van der Waals surface area contributed by atoms with Crippen LogP contribution in [0.5, 0.6) is 0 Å². The zero-order valence-corrected chi connectivity index (χ0v) is 11.2. The van der Waals surface area contributed by atoms with E-state index in [0.717, 1.165) is 43.0 Å². The van der Waals surface area contributed by atoms with Crippen molar-refractivity contribution >= 4 is 5.82 Å². The van der Waals surface area contributed by atoms with Gasteiger partial charge in [0.15, 0.2) is 5.82 Å². The van der Waals surface area contributed by atoms with E-state index in [9.17, 15) is 13.2 Å². The molecule has 0 bridgehead atoms. The molecule has 2 N–H and O–H groups in total. The maximum absolute atomic E-state index is 13.1. The van der Waals surface area contributed by atoms with E-state index in [2.05, 4.69) is 9.97 Å². The number of fused-ring (bicyclic) bond motifs is 1. The predicted octanol–water partition coefficient (Wildman–Crippen LogP) is 3.62. The molecule has 0 aliphatic heterocycles. The fraction of sp³-hybridized carbons (Fsp3) is 0.333. The Morgan fingerprint density at radius 2 is 1.71 bits per heavy atom. The lowest BCUT2D eigenvalue weighted by Crippen LogP contribution is -2.13. The summed E-state index contributed by atoms with van der Waals surface area (Å²) >= 11 is 0. The van der Waals surface area contributed by atoms with Gasteiger partial charge in [-0.15, -0.1) is 0 Å². The van der Waals surface area contributed by atoms with E-state index < -0.39 is 11.7 Å². The molecule has 0 atom stereocenters. The second kappa shape index (κ2) is 5.02. The highest BCUT2D eigenvalue weighted by atomic mass is 19.4. The number of rotatable bonds is 1. The Bertz CT molecular complexity index is 680.